The fourth-order valence-electron chi connectivity index (χ4n) is 2.19. The summed E-state index contributed by atoms with van der Waals surface area (Å²) in [5.41, 5.74) is 8.16. The van der Waals surface area contributed by atoms with Gasteiger partial charge in [0.05, 0.1) is 13.2 Å². The van der Waals surface area contributed by atoms with Crippen LogP contribution >= 0.6 is 0 Å². The van der Waals surface area contributed by atoms with Crippen LogP contribution in [0.5, 0.6) is 0 Å². The van der Waals surface area contributed by atoms with Gasteiger partial charge in [-0.25, -0.2) is 0 Å². The van der Waals surface area contributed by atoms with Crippen LogP contribution in [0.4, 0.5) is 11.4 Å². The van der Waals surface area contributed by atoms with Crippen molar-refractivity contribution in [3.63, 3.8) is 0 Å². The first-order valence-corrected chi connectivity index (χ1v) is 6.50. The standard InChI is InChI=1S/C14H21N3O2/c1-10-3-4-11(15)7-13(10)16-14(18)8-17(2)12-5-6-19-9-12/h3-4,7,12H,5-6,8-9,15H2,1-2H3,(H,16,18). The first-order chi connectivity index (χ1) is 9.06. The molecule has 0 saturated carbocycles. The van der Waals surface area contributed by atoms with Gasteiger partial charge in [0.15, 0.2) is 0 Å². The monoisotopic (exact) mass is 263 g/mol. The van der Waals surface area contributed by atoms with Gasteiger partial charge in [0.2, 0.25) is 5.91 Å². The number of aryl methyl sites for hydroxylation is 1. The van der Waals surface area contributed by atoms with Gasteiger partial charge in [0, 0.05) is 24.0 Å². The Morgan fingerprint density at radius 2 is 2.37 bits per heavy atom. The van der Waals surface area contributed by atoms with Crippen LogP contribution in [0, 0.1) is 6.92 Å². The number of benzene rings is 1. The summed E-state index contributed by atoms with van der Waals surface area (Å²) in [6.45, 7) is 3.80. The third kappa shape index (κ3) is 3.68. The molecule has 0 aromatic heterocycles. The highest BCUT2D eigenvalue weighted by Gasteiger charge is 2.21. The van der Waals surface area contributed by atoms with Crippen molar-refractivity contribution < 1.29 is 9.53 Å². The topological polar surface area (TPSA) is 67.6 Å². The molecule has 1 aromatic carbocycles. The molecule has 1 amide bonds. The highest BCUT2D eigenvalue weighted by molar-refractivity contribution is 5.93. The molecule has 1 aromatic rings. The summed E-state index contributed by atoms with van der Waals surface area (Å²) in [7, 11) is 1.95. The minimum absolute atomic E-state index is 0.0249. The number of rotatable bonds is 4. The average molecular weight is 263 g/mol. The lowest BCUT2D eigenvalue weighted by molar-refractivity contribution is -0.117. The maximum atomic E-state index is 12.0. The van der Waals surface area contributed by atoms with Gasteiger partial charge in [-0.3, -0.25) is 9.69 Å². The van der Waals surface area contributed by atoms with Crippen LogP contribution in [-0.4, -0.2) is 43.7 Å². The zero-order valence-corrected chi connectivity index (χ0v) is 11.5. The average Bonchev–Trinajstić information content (AvgIpc) is 2.87. The third-order valence-corrected chi connectivity index (χ3v) is 3.46. The van der Waals surface area contributed by atoms with Crippen LogP contribution < -0.4 is 11.1 Å². The number of nitrogens with two attached hydrogens (primary N) is 1. The molecule has 0 radical (unpaired) electrons. The fourth-order valence-corrected chi connectivity index (χ4v) is 2.19. The number of anilines is 2. The van der Waals surface area contributed by atoms with Crippen LogP contribution in [0.2, 0.25) is 0 Å². The molecule has 3 N–H and O–H groups in total. The van der Waals surface area contributed by atoms with E-state index in [4.69, 9.17) is 10.5 Å². The smallest absolute Gasteiger partial charge is 0.238 e. The number of ether oxygens (including phenoxy) is 1. The zero-order chi connectivity index (χ0) is 13.8. The van der Waals surface area contributed by atoms with E-state index in [9.17, 15) is 4.79 Å². The third-order valence-electron chi connectivity index (χ3n) is 3.46. The van der Waals surface area contributed by atoms with Crippen LogP contribution in [0.15, 0.2) is 18.2 Å². The first kappa shape index (κ1) is 13.8. The lowest BCUT2D eigenvalue weighted by Gasteiger charge is -2.22. The van der Waals surface area contributed by atoms with Gasteiger partial charge < -0.3 is 15.8 Å². The Morgan fingerprint density at radius 3 is 3.05 bits per heavy atom. The van der Waals surface area contributed by atoms with E-state index < -0.39 is 0 Å². The molecule has 1 aliphatic heterocycles. The quantitative estimate of drug-likeness (QED) is 0.802. The lowest BCUT2D eigenvalue weighted by Crippen LogP contribution is -2.38. The molecule has 1 aliphatic rings. The maximum Gasteiger partial charge on any atom is 0.238 e. The number of nitrogens with zero attached hydrogens (tertiary/aromatic N) is 1. The fraction of sp³-hybridized carbons (Fsp3) is 0.500. The van der Waals surface area contributed by atoms with Crippen molar-refractivity contribution in [1.29, 1.82) is 0 Å². The molecule has 1 fully saturated rings. The maximum absolute atomic E-state index is 12.0. The van der Waals surface area contributed by atoms with Crippen molar-refractivity contribution in [3.05, 3.63) is 23.8 Å². The van der Waals surface area contributed by atoms with E-state index in [0.29, 0.717) is 24.9 Å². The Labute approximate surface area is 113 Å². The lowest BCUT2D eigenvalue weighted by atomic mass is 10.2. The van der Waals surface area contributed by atoms with Gasteiger partial charge in [-0.05, 0) is 38.1 Å². The predicted molar refractivity (Wildman–Crippen MR) is 76.1 cm³/mol. The van der Waals surface area contributed by atoms with Gasteiger partial charge in [-0.1, -0.05) is 6.07 Å². The van der Waals surface area contributed by atoms with E-state index >= 15 is 0 Å². The minimum atomic E-state index is -0.0249. The van der Waals surface area contributed by atoms with Crippen molar-refractivity contribution in [1.82, 2.24) is 4.90 Å². The van der Waals surface area contributed by atoms with Crippen molar-refractivity contribution >= 4 is 17.3 Å². The number of amides is 1. The second-order valence-electron chi connectivity index (χ2n) is 5.06. The Morgan fingerprint density at radius 1 is 1.58 bits per heavy atom. The summed E-state index contributed by atoms with van der Waals surface area (Å²) in [5.74, 6) is -0.0249. The molecular weight excluding hydrogens is 242 g/mol. The molecule has 5 nitrogen and oxygen atoms in total. The molecule has 1 heterocycles. The summed E-state index contributed by atoms with van der Waals surface area (Å²) in [6, 6.07) is 5.85. The number of hydrogen-bond donors (Lipinski definition) is 2. The van der Waals surface area contributed by atoms with E-state index in [-0.39, 0.29) is 5.91 Å². The minimum Gasteiger partial charge on any atom is -0.399 e. The number of nitrogens with one attached hydrogen (secondary N) is 1. The molecule has 19 heavy (non-hydrogen) atoms. The summed E-state index contributed by atoms with van der Waals surface area (Å²) < 4.78 is 5.32. The number of hydrogen-bond acceptors (Lipinski definition) is 4. The van der Waals surface area contributed by atoms with Crippen LogP contribution in [-0.2, 0) is 9.53 Å². The summed E-state index contributed by atoms with van der Waals surface area (Å²) in [5, 5.41) is 2.90. The molecule has 0 aliphatic carbocycles. The molecule has 0 bridgehead atoms. The van der Waals surface area contributed by atoms with E-state index in [0.717, 1.165) is 24.3 Å². The molecule has 1 atom stereocenters. The van der Waals surface area contributed by atoms with Gasteiger partial charge >= 0.3 is 0 Å². The van der Waals surface area contributed by atoms with E-state index in [1.807, 2.05) is 31.0 Å². The summed E-state index contributed by atoms with van der Waals surface area (Å²) >= 11 is 0. The van der Waals surface area contributed by atoms with Gasteiger partial charge in [-0.15, -0.1) is 0 Å². The number of carbonyl (C=O) groups is 1. The number of likely N-dealkylation sites (N-methyl/N-ethyl adjacent to an activating group) is 1. The second-order valence-corrected chi connectivity index (χ2v) is 5.06. The molecule has 2 rings (SSSR count). The highest BCUT2D eigenvalue weighted by Crippen LogP contribution is 2.18. The van der Waals surface area contributed by atoms with Crippen molar-refractivity contribution in [2.45, 2.75) is 19.4 Å². The van der Waals surface area contributed by atoms with Crippen molar-refractivity contribution in [3.8, 4) is 0 Å². The second kappa shape index (κ2) is 6.04. The Hall–Kier alpha value is -1.59. The number of nitrogen functional groups attached to an aromatic ring is 1. The molecule has 0 spiro atoms. The van der Waals surface area contributed by atoms with Gasteiger partial charge in [-0.2, -0.15) is 0 Å². The Bertz CT molecular complexity index is 456. The van der Waals surface area contributed by atoms with E-state index in [2.05, 4.69) is 5.32 Å². The zero-order valence-electron chi connectivity index (χ0n) is 11.5. The SMILES string of the molecule is Cc1ccc(N)cc1NC(=O)CN(C)C1CCOC1. The van der Waals surface area contributed by atoms with Crippen molar-refractivity contribution in [2.24, 2.45) is 0 Å². The normalized spacial score (nSPS) is 18.8. The van der Waals surface area contributed by atoms with E-state index in [1.165, 1.54) is 0 Å². The largest absolute Gasteiger partial charge is 0.399 e. The Balaban J connectivity index is 1.91. The van der Waals surface area contributed by atoms with E-state index in [1.54, 1.807) is 6.07 Å². The summed E-state index contributed by atoms with van der Waals surface area (Å²) in [4.78, 5) is 14.0. The van der Waals surface area contributed by atoms with Gasteiger partial charge in [0.1, 0.15) is 0 Å². The predicted octanol–water partition coefficient (Wildman–Crippen LogP) is 1.24. The van der Waals surface area contributed by atoms with Crippen LogP contribution in [0.25, 0.3) is 0 Å². The molecular formula is C14H21N3O2. The molecule has 104 valence electrons. The number of carbonyl (C=O) groups excluding carboxylic acids is 1. The summed E-state index contributed by atoms with van der Waals surface area (Å²) in [6.07, 6.45) is 0.987. The van der Waals surface area contributed by atoms with Crippen LogP contribution in [0.1, 0.15) is 12.0 Å². The van der Waals surface area contributed by atoms with Crippen LogP contribution in [0.3, 0.4) is 0 Å². The van der Waals surface area contributed by atoms with Crippen molar-refractivity contribution in [2.75, 3.05) is 37.9 Å². The molecule has 1 saturated heterocycles. The molecule has 5 heteroatoms. The Kier molecular flexibility index (Phi) is 4.39. The molecule has 1 unspecified atom stereocenters. The van der Waals surface area contributed by atoms with Gasteiger partial charge in [0.25, 0.3) is 0 Å². The first-order valence-electron chi connectivity index (χ1n) is 6.50. The highest BCUT2D eigenvalue weighted by atomic mass is 16.5.